The highest BCUT2D eigenvalue weighted by atomic mass is 19.4. The number of nitrogens with one attached hydrogen (secondary N) is 3. The number of rotatable bonds is 4. The Balaban J connectivity index is 1.40. The van der Waals surface area contributed by atoms with Gasteiger partial charge in [-0.1, -0.05) is 0 Å². The molecule has 32 heavy (non-hydrogen) atoms. The third kappa shape index (κ3) is 4.77. The molecule has 0 spiro atoms. The highest BCUT2D eigenvalue weighted by Gasteiger charge is 2.31. The first-order chi connectivity index (χ1) is 15.2. The van der Waals surface area contributed by atoms with Crippen LogP contribution in [-0.2, 0) is 6.18 Å². The fourth-order valence-electron chi connectivity index (χ4n) is 2.88. The summed E-state index contributed by atoms with van der Waals surface area (Å²) in [7, 11) is 0. The van der Waals surface area contributed by atoms with Crippen LogP contribution in [0.1, 0.15) is 11.4 Å². The highest BCUT2D eigenvalue weighted by molar-refractivity contribution is 5.99. The summed E-state index contributed by atoms with van der Waals surface area (Å²) in [5.74, 6) is 0.662. The van der Waals surface area contributed by atoms with Crippen LogP contribution in [0.2, 0.25) is 0 Å². The minimum absolute atomic E-state index is 0.319. The second kappa shape index (κ2) is 8.17. The van der Waals surface area contributed by atoms with Gasteiger partial charge in [0.25, 0.3) is 0 Å². The number of alkyl halides is 3. The monoisotopic (exact) mass is 445 g/mol. The van der Waals surface area contributed by atoms with Gasteiger partial charge in [0, 0.05) is 11.8 Å². The van der Waals surface area contributed by atoms with Gasteiger partial charge in [-0.2, -0.15) is 13.2 Å². The number of H-pyrrole nitrogens is 1. The lowest BCUT2D eigenvalue weighted by Crippen LogP contribution is -2.20. The number of hydrogen-bond acceptors (Lipinski definition) is 4. The van der Waals surface area contributed by atoms with E-state index in [-0.39, 0.29) is 0 Å². The van der Waals surface area contributed by atoms with Crippen LogP contribution in [-0.4, -0.2) is 21.0 Å². The third-order valence-electron chi connectivity index (χ3n) is 4.32. The van der Waals surface area contributed by atoms with Crippen molar-refractivity contribution in [2.75, 3.05) is 10.6 Å². The lowest BCUT2D eigenvalue weighted by Gasteiger charge is -2.12. The van der Waals surface area contributed by atoms with Crippen LogP contribution >= 0.6 is 0 Å². The Morgan fingerprint density at radius 3 is 2.50 bits per heavy atom. The first kappa shape index (κ1) is 21.1. The van der Waals surface area contributed by atoms with Crippen LogP contribution in [0.5, 0.6) is 11.5 Å². The molecule has 2 amide bonds. The van der Waals surface area contributed by atoms with Gasteiger partial charge >= 0.3 is 12.2 Å². The SMILES string of the molecule is Cc1nc2ncc(Oc3ccc(NC(=O)Nc4cc(C(F)(F)F)ccc4F)cc3)cc2[nH]1. The standard InChI is InChI=1S/C21H15F4N5O2/c1-11-27-18-9-15(10-26-19(18)28-11)32-14-5-3-13(4-6-14)29-20(31)30-17-8-12(21(23,24)25)2-7-16(17)22/h2-10H,1H3,(H,26,27,28)(H2,29,30,31). The van der Waals surface area contributed by atoms with Gasteiger partial charge in [-0.15, -0.1) is 0 Å². The highest BCUT2D eigenvalue weighted by Crippen LogP contribution is 2.32. The van der Waals surface area contributed by atoms with E-state index in [0.29, 0.717) is 41.0 Å². The molecule has 0 atom stereocenters. The summed E-state index contributed by atoms with van der Waals surface area (Å²) in [6.45, 7) is 1.81. The molecule has 0 aliphatic carbocycles. The van der Waals surface area contributed by atoms with Crippen molar-refractivity contribution in [1.82, 2.24) is 15.0 Å². The molecule has 0 aliphatic heterocycles. The average Bonchev–Trinajstić information content (AvgIpc) is 3.09. The van der Waals surface area contributed by atoms with E-state index in [4.69, 9.17) is 4.74 Å². The number of imidazole rings is 1. The number of benzene rings is 2. The molecule has 2 aromatic heterocycles. The molecule has 164 valence electrons. The second-order valence-corrected chi connectivity index (χ2v) is 6.76. The van der Waals surface area contributed by atoms with Crippen LogP contribution in [0.25, 0.3) is 11.2 Å². The van der Waals surface area contributed by atoms with E-state index in [2.05, 4.69) is 25.6 Å². The normalized spacial score (nSPS) is 11.4. The Morgan fingerprint density at radius 2 is 1.78 bits per heavy atom. The molecule has 0 saturated carbocycles. The van der Waals surface area contributed by atoms with Gasteiger partial charge in [-0.05, 0) is 49.4 Å². The van der Waals surface area contributed by atoms with Crippen molar-refractivity contribution < 1.29 is 27.1 Å². The molecular weight excluding hydrogens is 430 g/mol. The van der Waals surface area contributed by atoms with Gasteiger partial charge in [0.1, 0.15) is 23.1 Å². The smallest absolute Gasteiger partial charge is 0.416 e. The Bertz CT molecular complexity index is 1290. The summed E-state index contributed by atoms with van der Waals surface area (Å²) >= 11 is 0. The zero-order valence-corrected chi connectivity index (χ0v) is 16.4. The van der Waals surface area contributed by atoms with E-state index in [9.17, 15) is 22.4 Å². The van der Waals surface area contributed by atoms with Crippen molar-refractivity contribution in [3.8, 4) is 11.5 Å². The van der Waals surface area contributed by atoms with Crippen LogP contribution < -0.4 is 15.4 Å². The molecule has 0 aliphatic rings. The number of amides is 2. The largest absolute Gasteiger partial charge is 0.456 e. The van der Waals surface area contributed by atoms with Gasteiger partial charge < -0.3 is 20.4 Å². The first-order valence-electron chi connectivity index (χ1n) is 9.22. The zero-order valence-electron chi connectivity index (χ0n) is 16.4. The number of aryl methyl sites for hydroxylation is 1. The van der Waals surface area contributed by atoms with Crippen molar-refractivity contribution in [2.45, 2.75) is 13.1 Å². The minimum atomic E-state index is -4.66. The van der Waals surface area contributed by atoms with Crippen LogP contribution in [0, 0.1) is 12.7 Å². The lowest BCUT2D eigenvalue weighted by atomic mass is 10.2. The molecule has 0 bridgehead atoms. The maximum Gasteiger partial charge on any atom is 0.416 e. The van der Waals surface area contributed by atoms with Crippen LogP contribution in [0.4, 0.5) is 33.7 Å². The predicted molar refractivity (Wildman–Crippen MR) is 109 cm³/mol. The number of anilines is 2. The molecule has 11 heteroatoms. The number of aromatic amines is 1. The van der Waals surface area contributed by atoms with Gasteiger partial charge in [0.2, 0.25) is 0 Å². The maximum atomic E-state index is 13.8. The molecule has 4 aromatic rings. The van der Waals surface area contributed by atoms with E-state index < -0.39 is 29.3 Å². The molecule has 4 rings (SSSR count). The van der Waals surface area contributed by atoms with Gasteiger partial charge in [-0.3, -0.25) is 0 Å². The Kier molecular flexibility index (Phi) is 5.39. The van der Waals surface area contributed by atoms with Crippen LogP contribution in [0.15, 0.2) is 54.7 Å². The maximum absolute atomic E-state index is 13.8. The van der Waals surface area contributed by atoms with Crippen molar-refractivity contribution in [3.05, 3.63) is 71.9 Å². The number of carbonyl (C=O) groups excluding carboxylic acids is 1. The summed E-state index contributed by atoms with van der Waals surface area (Å²) in [5, 5.41) is 4.49. The number of ether oxygens (including phenoxy) is 1. The fourth-order valence-corrected chi connectivity index (χ4v) is 2.88. The molecule has 0 unspecified atom stereocenters. The van der Waals surface area contributed by atoms with Crippen LogP contribution in [0.3, 0.4) is 0 Å². The van der Waals surface area contributed by atoms with Crippen molar-refractivity contribution >= 4 is 28.6 Å². The first-order valence-corrected chi connectivity index (χ1v) is 9.22. The number of aromatic nitrogens is 3. The summed E-state index contributed by atoms with van der Waals surface area (Å²) in [5.41, 5.74) is -0.0581. The third-order valence-corrected chi connectivity index (χ3v) is 4.32. The topological polar surface area (TPSA) is 91.9 Å². The second-order valence-electron chi connectivity index (χ2n) is 6.76. The molecule has 2 heterocycles. The van der Waals surface area contributed by atoms with Crippen molar-refractivity contribution in [3.63, 3.8) is 0 Å². The molecular formula is C21H15F4N5O2. The van der Waals surface area contributed by atoms with Crippen molar-refractivity contribution in [1.29, 1.82) is 0 Å². The minimum Gasteiger partial charge on any atom is -0.456 e. The lowest BCUT2D eigenvalue weighted by molar-refractivity contribution is -0.137. The number of pyridine rings is 1. The number of carbonyl (C=O) groups is 1. The number of halogens is 4. The molecule has 3 N–H and O–H groups in total. The summed E-state index contributed by atoms with van der Waals surface area (Å²) in [6.07, 6.45) is -3.14. The van der Waals surface area contributed by atoms with E-state index in [1.807, 2.05) is 6.92 Å². The summed E-state index contributed by atoms with van der Waals surface area (Å²) < 4.78 is 57.8. The average molecular weight is 445 g/mol. The van der Waals surface area contributed by atoms with Gasteiger partial charge in [0.05, 0.1) is 23.0 Å². The van der Waals surface area contributed by atoms with E-state index >= 15 is 0 Å². The van der Waals surface area contributed by atoms with Gasteiger partial charge in [0.15, 0.2) is 5.65 Å². The molecule has 0 saturated heterocycles. The predicted octanol–water partition coefficient (Wildman–Crippen LogP) is 5.86. The number of nitrogens with zero attached hydrogens (tertiary/aromatic N) is 2. The number of fused-ring (bicyclic) bond motifs is 1. The number of urea groups is 1. The summed E-state index contributed by atoms with van der Waals surface area (Å²) in [4.78, 5) is 23.5. The fraction of sp³-hybridized carbons (Fsp3) is 0.0952. The van der Waals surface area contributed by atoms with Gasteiger partial charge in [-0.25, -0.2) is 19.2 Å². The van der Waals surface area contributed by atoms with E-state index in [1.54, 1.807) is 18.2 Å². The zero-order chi connectivity index (χ0) is 22.9. The molecule has 2 aromatic carbocycles. The van der Waals surface area contributed by atoms with Crippen molar-refractivity contribution in [2.24, 2.45) is 0 Å². The Morgan fingerprint density at radius 1 is 1.03 bits per heavy atom. The molecule has 0 radical (unpaired) electrons. The summed E-state index contributed by atoms with van der Waals surface area (Å²) in [6, 6.07) is 8.78. The Hall–Kier alpha value is -4.15. The quantitative estimate of drug-likeness (QED) is 0.343. The Labute approximate surface area is 178 Å². The molecule has 7 nitrogen and oxygen atoms in total. The molecule has 0 fully saturated rings. The van der Waals surface area contributed by atoms with E-state index in [1.165, 1.54) is 18.3 Å². The number of hydrogen-bond donors (Lipinski definition) is 3. The van der Waals surface area contributed by atoms with E-state index in [0.717, 1.165) is 11.3 Å².